The summed E-state index contributed by atoms with van der Waals surface area (Å²) in [6.45, 7) is 9.16. The molecular weight excluding hydrogens is 1080 g/mol. The Morgan fingerprint density at radius 2 is 1.45 bits per heavy atom. The van der Waals surface area contributed by atoms with Crippen LogP contribution in [0.15, 0.2) is 79.1 Å². The number of rotatable bonds is 9. The molecule has 0 spiro atoms. The lowest BCUT2D eigenvalue weighted by Gasteiger charge is -2.37. The highest BCUT2D eigenvalue weighted by Crippen LogP contribution is 2.33. The number of cyclic esters (lactones) is 2. The van der Waals surface area contributed by atoms with Crippen molar-refractivity contribution in [2.45, 2.75) is 141 Å². The van der Waals surface area contributed by atoms with Crippen molar-refractivity contribution >= 4 is 53.2 Å². The highest BCUT2D eigenvalue weighted by Gasteiger charge is 2.44. The summed E-state index contributed by atoms with van der Waals surface area (Å²) < 4.78 is 35.0. The number of piperidine rings is 1. The summed E-state index contributed by atoms with van der Waals surface area (Å²) in [4.78, 5) is 138. The number of ether oxygens (including phenoxy) is 6. The number of esters is 2. The summed E-state index contributed by atoms with van der Waals surface area (Å²) >= 11 is 0. The molecule has 6 atom stereocenters. The summed E-state index contributed by atoms with van der Waals surface area (Å²) in [5.41, 5.74) is -0.254. The van der Waals surface area contributed by atoms with E-state index < -0.39 is 108 Å². The monoisotopic (exact) mass is 1170 g/mol. The number of Topliss-reactive ketones (excluding diaryl/α,β-unsaturated/α-hetero) is 1. The van der Waals surface area contributed by atoms with Gasteiger partial charge in [-0.3, -0.25) is 38.5 Å². The third-order valence-corrected chi connectivity index (χ3v) is 15.4. The molecule has 84 heavy (non-hydrogen) atoms. The van der Waals surface area contributed by atoms with E-state index in [1.807, 2.05) is 32.9 Å². The van der Waals surface area contributed by atoms with Crippen LogP contribution in [0.3, 0.4) is 0 Å². The fraction of sp³-hybridized carbons (Fsp3) is 0.548. The molecule has 6 rings (SSSR count). The maximum absolute atomic E-state index is 14.9. The van der Waals surface area contributed by atoms with Gasteiger partial charge >= 0.3 is 11.9 Å². The summed E-state index contributed by atoms with van der Waals surface area (Å²) in [6, 6.07) is 9.87. The molecule has 4 heterocycles. The second-order valence-electron chi connectivity index (χ2n) is 23.2. The van der Waals surface area contributed by atoms with Gasteiger partial charge in [-0.2, -0.15) is 0 Å². The normalized spacial score (nSPS) is 23.7. The van der Waals surface area contributed by atoms with Crippen LogP contribution < -0.4 is 19.5 Å². The van der Waals surface area contributed by atoms with Crippen LogP contribution >= 0.6 is 0 Å². The van der Waals surface area contributed by atoms with Crippen molar-refractivity contribution in [1.29, 1.82) is 0 Å². The molecule has 3 aromatic rings. The smallest absolute Gasteiger partial charge is 0.330 e. The van der Waals surface area contributed by atoms with Gasteiger partial charge in [0.05, 0.1) is 31.8 Å². The van der Waals surface area contributed by atoms with E-state index in [1.54, 1.807) is 61.9 Å². The Morgan fingerprint density at radius 3 is 2.15 bits per heavy atom. The summed E-state index contributed by atoms with van der Waals surface area (Å²) in [6.07, 6.45) is 7.87. The van der Waals surface area contributed by atoms with Crippen molar-refractivity contribution < 1.29 is 71.6 Å². The van der Waals surface area contributed by atoms with Crippen molar-refractivity contribution in [2.24, 2.45) is 5.41 Å². The van der Waals surface area contributed by atoms with Crippen LogP contribution in [0, 0.1) is 5.41 Å². The van der Waals surface area contributed by atoms with E-state index in [0.717, 1.165) is 5.56 Å². The maximum atomic E-state index is 14.9. The van der Waals surface area contributed by atoms with E-state index in [4.69, 9.17) is 28.4 Å². The molecule has 3 aliphatic rings. The number of fused-ring (bicyclic) bond motifs is 4. The molecule has 22 heteroatoms. The largest absolute Gasteiger partial charge is 0.493 e. The van der Waals surface area contributed by atoms with E-state index in [9.17, 15) is 43.2 Å². The number of ketones is 1. The zero-order chi connectivity index (χ0) is 61.5. The molecule has 6 amide bonds. The minimum absolute atomic E-state index is 0.0105. The molecule has 2 fully saturated rings. The third-order valence-electron chi connectivity index (χ3n) is 15.4. The molecular formula is C62H83N7O15. The number of nitrogens with zero attached hydrogens (tertiary/aromatic N) is 6. The number of hydrogen-bond acceptors (Lipinski definition) is 16. The predicted octanol–water partition coefficient (Wildman–Crippen LogP) is 4.84. The van der Waals surface area contributed by atoms with Gasteiger partial charge < -0.3 is 58.2 Å². The minimum atomic E-state index is -1.49. The van der Waals surface area contributed by atoms with Crippen LogP contribution in [-0.4, -0.2) is 193 Å². The standard InChI is InChI=1S/C62H83N7O15/c1-40-55(73)64-45(34-42-27-29-63-30-28-42)56(74)67(9)48(37-83-61(2,3)4)58(76)68-33-17-21-46(68)57(75)65(7)31-14-13-22-53(71)82-39-62(5,6)54(72)59(77)69-32-15-12-20-47(69)60(78)84-49(25-23-41-24-26-50(79-10)51(35-41)80-11)43-18-16-19-44(36-43)81-38-52(70)66(40)8/h13,16,18-19,22,24,26-30,35-36,40,45-49H,12,14-15,17,20-21,23,25,31-34,37-39H2,1-11H3,(H,64,73)/t40-,45-,46-,47-,48-,49+/m0/s1. The Labute approximate surface area is 492 Å². The molecule has 0 unspecified atom stereocenters. The average molecular weight is 1170 g/mol. The Balaban J connectivity index is 1.32. The Morgan fingerprint density at radius 1 is 0.750 bits per heavy atom. The second kappa shape index (κ2) is 29.6. The number of amides is 6. The second-order valence-corrected chi connectivity index (χ2v) is 23.2. The predicted molar refractivity (Wildman–Crippen MR) is 308 cm³/mol. The quantitative estimate of drug-likeness (QED) is 0.222. The van der Waals surface area contributed by atoms with Crippen LogP contribution in [0.25, 0.3) is 0 Å². The van der Waals surface area contributed by atoms with Crippen molar-refractivity contribution in [3.63, 3.8) is 0 Å². The summed E-state index contributed by atoms with van der Waals surface area (Å²) in [5, 5.41) is 2.84. The van der Waals surface area contributed by atoms with E-state index in [-0.39, 0.29) is 63.6 Å². The van der Waals surface area contributed by atoms with Gasteiger partial charge in [-0.15, -0.1) is 0 Å². The lowest BCUT2D eigenvalue weighted by Crippen LogP contribution is -2.60. The fourth-order valence-electron chi connectivity index (χ4n) is 10.1. The number of carbonyl (C=O) groups is 9. The van der Waals surface area contributed by atoms with Crippen molar-refractivity contribution in [3.05, 3.63) is 95.8 Å². The molecule has 0 saturated carbocycles. The summed E-state index contributed by atoms with van der Waals surface area (Å²) in [7, 11) is 7.52. The van der Waals surface area contributed by atoms with Gasteiger partial charge in [-0.1, -0.05) is 24.3 Å². The van der Waals surface area contributed by atoms with E-state index >= 15 is 0 Å². The number of aryl methyl sites for hydroxylation is 1. The zero-order valence-electron chi connectivity index (χ0n) is 50.4. The number of pyridine rings is 1. The topological polar surface area (TPSA) is 250 Å². The van der Waals surface area contributed by atoms with E-state index in [1.165, 1.54) is 85.7 Å². The minimum Gasteiger partial charge on any atom is -0.493 e. The number of carbonyl (C=O) groups excluding carboxylic acids is 9. The summed E-state index contributed by atoms with van der Waals surface area (Å²) in [5.74, 6) is -4.82. The Hall–Kier alpha value is -7.88. The Bertz CT molecular complexity index is 2870. The van der Waals surface area contributed by atoms with Gasteiger partial charge in [0, 0.05) is 65.7 Å². The maximum Gasteiger partial charge on any atom is 0.330 e. The number of aromatic nitrogens is 1. The van der Waals surface area contributed by atoms with Gasteiger partial charge in [0.2, 0.25) is 29.4 Å². The molecule has 2 bridgehead atoms. The van der Waals surface area contributed by atoms with Crippen LogP contribution in [0.1, 0.15) is 109 Å². The number of hydrogen-bond donors (Lipinski definition) is 1. The van der Waals surface area contributed by atoms with Gasteiger partial charge in [0.1, 0.15) is 48.7 Å². The third kappa shape index (κ3) is 17.4. The molecule has 3 aliphatic heterocycles. The molecule has 2 saturated heterocycles. The van der Waals surface area contributed by atoms with Crippen LogP contribution in [0.5, 0.6) is 17.2 Å². The Kier molecular flexibility index (Phi) is 23.0. The van der Waals surface area contributed by atoms with Gasteiger partial charge in [-0.25, -0.2) is 9.59 Å². The zero-order valence-corrected chi connectivity index (χ0v) is 50.4. The van der Waals surface area contributed by atoms with Gasteiger partial charge in [-0.05, 0) is 146 Å². The molecule has 0 radical (unpaired) electrons. The first-order valence-corrected chi connectivity index (χ1v) is 28.6. The first-order valence-electron chi connectivity index (χ1n) is 28.6. The first kappa shape index (κ1) is 65.3. The highest BCUT2D eigenvalue weighted by molar-refractivity contribution is 6.38. The molecule has 1 N–H and O–H groups in total. The molecule has 1 aromatic heterocycles. The average Bonchev–Trinajstić information content (AvgIpc) is 4.11. The van der Waals surface area contributed by atoms with E-state index in [2.05, 4.69) is 10.3 Å². The molecule has 0 aliphatic carbocycles. The fourth-order valence-corrected chi connectivity index (χ4v) is 10.1. The molecule has 456 valence electrons. The molecule has 2 aromatic carbocycles. The number of methoxy groups -OCH3 is 2. The number of benzene rings is 2. The van der Waals surface area contributed by atoms with Crippen molar-refractivity contribution in [3.8, 4) is 17.2 Å². The number of likely N-dealkylation sites (N-methyl/N-ethyl adjacent to an activating group) is 3. The highest BCUT2D eigenvalue weighted by atomic mass is 16.5. The lowest BCUT2D eigenvalue weighted by molar-refractivity contribution is -0.165. The molecule has 22 nitrogen and oxygen atoms in total. The SMILES string of the molecule is COc1ccc(CC[C@H]2OC(=O)[C@@H]3CCCCN3C(=O)C(=O)C(C)(C)COC(=O)C=CCCN(C)C(=O)[C@@H]3CCCN3C(=O)[C@H](COC(C)(C)C)N(C)C(=O)[C@H](Cc3ccncc3)NC(=O)[C@H](C)N(C)C(=O)COc3cccc2c3)cc1OC. The van der Waals surface area contributed by atoms with Gasteiger partial charge in [0.15, 0.2) is 18.1 Å². The van der Waals surface area contributed by atoms with Crippen LogP contribution in [0.4, 0.5) is 0 Å². The van der Waals surface area contributed by atoms with Crippen LogP contribution in [0.2, 0.25) is 0 Å². The van der Waals surface area contributed by atoms with Crippen molar-refractivity contribution in [1.82, 2.24) is 34.8 Å². The first-order chi connectivity index (χ1) is 39.8. The van der Waals surface area contributed by atoms with E-state index in [0.29, 0.717) is 54.7 Å². The van der Waals surface area contributed by atoms with Crippen LogP contribution in [-0.2, 0) is 70.2 Å². The van der Waals surface area contributed by atoms with Crippen molar-refractivity contribution in [2.75, 3.05) is 74.8 Å². The number of nitrogens with one attached hydrogen (secondary N) is 1. The van der Waals surface area contributed by atoms with Gasteiger partial charge in [0.25, 0.3) is 11.8 Å². The lowest BCUT2D eigenvalue weighted by atomic mass is 9.87.